The predicted molar refractivity (Wildman–Crippen MR) is 147 cm³/mol. The van der Waals surface area contributed by atoms with Crippen LogP contribution in [0.2, 0.25) is 4.34 Å². The van der Waals surface area contributed by atoms with Gasteiger partial charge in [0.25, 0.3) is 11.5 Å². The molecule has 0 saturated heterocycles. The lowest BCUT2D eigenvalue weighted by molar-refractivity contribution is -0.141. The fourth-order valence-corrected chi connectivity index (χ4v) is 4.80. The second-order valence-electron chi connectivity index (χ2n) is 8.62. The van der Waals surface area contributed by atoms with Crippen LogP contribution in [0, 0.1) is 5.92 Å². The highest BCUT2D eigenvalue weighted by Crippen LogP contribution is 2.31. The maximum atomic E-state index is 13.5. The molecule has 0 bridgehead atoms. The highest BCUT2D eigenvalue weighted by Gasteiger charge is 2.22. The first kappa shape index (κ1) is 27.6. The number of methoxy groups -OCH3 is 1. The molecule has 39 heavy (non-hydrogen) atoms. The second-order valence-corrected chi connectivity index (χ2v) is 10.4. The summed E-state index contributed by atoms with van der Waals surface area (Å²) in [6, 6.07) is 12.4. The number of thiophene rings is 1. The topological polar surface area (TPSA) is 159 Å². The molecule has 1 atom stereocenters. The van der Waals surface area contributed by atoms with E-state index in [1.165, 1.54) is 60.4 Å². The van der Waals surface area contributed by atoms with Crippen LogP contribution in [-0.2, 0) is 17.9 Å². The number of aromatic nitrogens is 3. The number of carboxylic acids is 1. The van der Waals surface area contributed by atoms with E-state index in [2.05, 4.69) is 10.4 Å². The molecule has 13 heteroatoms. The Morgan fingerprint density at radius 1 is 1.18 bits per heavy atom. The van der Waals surface area contributed by atoms with Crippen molar-refractivity contribution in [2.45, 2.75) is 20.0 Å². The summed E-state index contributed by atoms with van der Waals surface area (Å²) < 4.78 is 8.47. The van der Waals surface area contributed by atoms with Crippen molar-refractivity contribution in [2.24, 2.45) is 11.7 Å². The quantitative estimate of drug-likeness (QED) is 0.261. The SMILES string of the molecule is COc1cn(CC(C)C(=O)O)c(=O)cc1-c1cc(NCc2ccc(Cl)s2)n(C(=O)c2cccc(C(N)=O)c2)n1. The van der Waals surface area contributed by atoms with E-state index >= 15 is 0 Å². The van der Waals surface area contributed by atoms with Crippen molar-refractivity contribution in [1.29, 1.82) is 0 Å². The zero-order valence-electron chi connectivity index (χ0n) is 20.9. The van der Waals surface area contributed by atoms with Crippen LogP contribution < -0.4 is 21.3 Å². The fraction of sp³-hybridized carbons (Fsp3) is 0.192. The Balaban J connectivity index is 1.77. The number of anilines is 1. The van der Waals surface area contributed by atoms with Gasteiger partial charge in [-0.3, -0.25) is 19.2 Å². The van der Waals surface area contributed by atoms with Crippen molar-refractivity contribution in [3.63, 3.8) is 0 Å². The smallest absolute Gasteiger partial charge is 0.308 e. The number of hydrogen-bond acceptors (Lipinski definition) is 8. The summed E-state index contributed by atoms with van der Waals surface area (Å²) in [5.41, 5.74) is 5.82. The largest absolute Gasteiger partial charge is 0.495 e. The van der Waals surface area contributed by atoms with Gasteiger partial charge in [0.15, 0.2) is 0 Å². The molecule has 1 aromatic carbocycles. The normalized spacial score (nSPS) is 11.7. The Morgan fingerprint density at radius 3 is 2.56 bits per heavy atom. The number of benzene rings is 1. The number of nitrogens with one attached hydrogen (secondary N) is 1. The second kappa shape index (κ2) is 11.5. The van der Waals surface area contributed by atoms with Crippen LogP contribution in [0.15, 0.2) is 59.5 Å². The number of halogens is 1. The third-order valence-corrected chi connectivity index (χ3v) is 7.08. The van der Waals surface area contributed by atoms with Crippen LogP contribution in [-0.4, -0.2) is 44.3 Å². The van der Waals surface area contributed by atoms with Crippen LogP contribution >= 0.6 is 22.9 Å². The summed E-state index contributed by atoms with van der Waals surface area (Å²) in [5.74, 6) is -2.48. The van der Waals surface area contributed by atoms with Crippen LogP contribution in [0.1, 0.15) is 32.5 Å². The summed E-state index contributed by atoms with van der Waals surface area (Å²) in [6.07, 6.45) is 1.41. The van der Waals surface area contributed by atoms with E-state index in [9.17, 15) is 24.3 Å². The van der Waals surface area contributed by atoms with Gasteiger partial charge in [0.05, 0.1) is 35.2 Å². The number of carboxylic acid groups (broad SMARTS) is 1. The van der Waals surface area contributed by atoms with Gasteiger partial charge < -0.3 is 25.5 Å². The summed E-state index contributed by atoms with van der Waals surface area (Å²) in [7, 11) is 1.41. The highest BCUT2D eigenvalue weighted by atomic mass is 35.5. The molecule has 11 nitrogen and oxygen atoms in total. The third kappa shape index (κ3) is 6.19. The minimum Gasteiger partial charge on any atom is -0.495 e. The Morgan fingerprint density at radius 2 is 1.92 bits per heavy atom. The molecular formula is C26H24ClN5O6S. The lowest BCUT2D eigenvalue weighted by Gasteiger charge is -2.13. The Bertz CT molecular complexity index is 1620. The van der Waals surface area contributed by atoms with Gasteiger partial charge in [-0.25, -0.2) is 0 Å². The molecule has 1 amide bonds. The number of ether oxygens (including phenoxy) is 1. The van der Waals surface area contributed by atoms with Crippen molar-refractivity contribution in [3.05, 3.63) is 85.4 Å². The van der Waals surface area contributed by atoms with Crippen LogP contribution in [0.5, 0.6) is 5.75 Å². The van der Waals surface area contributed by atoms with E-state index in [0.717, 1.165) is 9.56 Å². The van der Waals surface area contributed by atoms with Crippen LogP contribution in [0.3, 0.4) is 0 Å². The number of hydrogen-bond donors (Lipinski definition) is 3. The van der Waals surface area contributed by atoms with E-state index in [0.29, 0.717) is 22.3 Å². The first-order valence-corrected chi connectivity index (χ1v) is 12.8. The molecule has 4 rings (SSSR count). The molecule has 0 aliphatic heterocycles. The molecule has 0 aliphatic carbocycles. The van der Waals surface area contributed by atoms with E-state index in [4.69, 9.17) is 22.1 Å². The minimum atomic E-state index is -1.04. The number of carbonyl (C=O) groups is 3. The predicted octanol–water partition coefficient (Wildman–Crippen LogP) is 3.56. The monoisotopic (exact) mass is 569 g/mol. The van der Waals surface area contributed by atoms with E-state index in [1.54, 1.807) is 18.2 Å². The number of nitrogens with two attached hydrogens (primary N) is 1. The summed E-state index contributed by atoms with van der Waals surface area (Å²) in [4.78, 5) is 50.2. The number of amides is 1. The van der Waals surface area contributed by atoms with Crippen molar-refractivity contribution in [3.8, 4) is 17.0 Å². The zero-order chi connectivity index (χ0) is 28.3. The molecule has 0 spiro atoms. The molecule has 1 unspecified atom stereocenters. The van der Waals surface area contributed by atoms with Gasteiger partial charge in [-0.15, -0.1) is 11.3 Å². The molecule has 0 aliphatic rings. The number of aliphatic carboxylic acids is 1. The third-order valence-electron chi connectivity index (χ3n) is 5.85. The summed E-state index contributed by atoms with van der Waals surface area (Å²) in [5, 5.41) is 16.9. The summed E-state index contributed by atoms with van der Waals surface area (Å²) >= 11 is 7.41. The molecule has 0 radical (unpaired) electrons. The van der Waals surface area contributed by atoms with Gasteiger partial charge in [-0.2, -0.15) is 9.78 Å². The van der Waals surface area contributed by atoms with Gasteiger partial charge in [0.2, 0.25) is 5.91 Å². The standard InChI is InChI=1S/C26H24ClN5O6S/c1-14(26(36)37)12-31-13-20(38-2)18(9-23(31)33)19-10-22(29-11-17-6-7-21(27)39-17)32(30-19)25(35)16-5-3-4-15(8-16)24(28)34/h3-10,13-14,29H,11-12H2,1-2H3,(H2,28,34)(H,36,37). The number of pyridine rings is 1. The fourth-order valence-electron chi connectivity index (χ4n) is 3.78. The number of primary amides is 1. The van der Waals surface area contributed by atoms with Gasteiger partial charge in [0, 0.05) is 40.9 Å². The summed E-state index contributed by atoms with van der Waals surface area (Å²) in [6.45, 7) is 1.78. The van der Waals surface area contributed by atoms with Gasteiger partial charge in [-0.1, -0.05) is 24.6 Å². The van der Waals surface area contributed by atoms with Crippen molar-refractivity contribution in [1.82, 2.24) is 14.3 Å². The Hall–Kier alpha value is -4.42. The zero-order valence-corrected chi connectivity index (χ0v) is 22.5. The van der Waals surface area contributed by atoms with Crippen molar-refractivity contribution >= 4 is 46.5 Å². The molecule has 3 aromatic heterocycles. The number of carbonyl (C=O) groups excluding carboxylic acids is 2. The lowest BCUT2D eigenvalue weighted by atomic mass is 10.1. The van der Waals surface area contributed by atoms with Gasteiger partial charge in [-0.05, 0) is 30.3 Å². The van der Waals surface area contributed by atoms with Crippen LogP contribution in [0.25, 0.3) is 11.3 Å². The number of nitrogens with zero attached hydrogens (tertiary/aromatic N) is 3. The first-order valence-electron chi connectivity index (χ1n) is 11.6. The molecule has 0 fully saturated rings. The molecule has 3 heterocycles. The molecular weight excluding hydrogens is 546 g/mol. The Labute approximate surface area is 231 Å². The van der Waals surface area contributed by atoms with Gasteiger partial charge in [0.1, 0.15) is 11.6 Å². The van der Waals surface area contributed by atoms with E-state index < -0.39 is 29.3 Å². The van der Waals surface area contributed by atoms with Crippen molar-refractivity contribution < 1.29 is 24.2 Å². The first-order chi connectivity index (χ1) is 18.6. The average molecular weight is 570 g/mol. The lowest BCUT2D eigenvalue weighted by Crippen LogP contribution is -2.26. The highest BCUT2D eigenvalue weighted by molar-refractivity contribution is 7.16. The maximum Gasteiger partial charge on any atom is 0.308 e. The Kier molecular flexibility index (Phi) is 8.17. The average Bonchev–Trinajstić information content (AvgIpc) is 3.53. The minimum absolute atomic E-state index is 0.0515. The maximum absolute atomic E-state index is 13.5. The van der Waals surface area contributed by atoms with Crippen LogP contribution in [0.4, 0.5) is 5.82 Å². The molecule has 4 aromatic rings. The van der Waals surface area contributed by atoms with E-state index in [-0.39, 0.29) is 29.1 Å². The van der Waals surface area contributed by atoms with E-state index in [1.807, 2.05) is 6.07 Å². The molecule has 4 N–H and O–H groups in total. The number of rotatable bonds is 10. The van der Waals surface area contributed by atoms with Crippen molar-refractivity contribution in [2.75, 3.05) is 12.4 Å². The van der Waals surface area contributed by atoms with Gasteiger partial charge >= 0.3 is 5.97 Å². The molecule has 202 valence electrons. The molecule has 0 saturated carbocycles.